The SMILES string of the molecule is C#CC(CCC)NC(=O)C1NCCCC1(C)C. The first-order chi connectivity index (χ1) is 8.01. The zero-order valence-corrected chi connectivity index (χ0v) is 11.2. The Labute approximate surface area is 105 Å². The number of carbonyl (C=O) groups excluding carboxylic acids is 1. The molecule has 1 amide bonds. The summed E-state index contributed by atoms with van der Waals surface area (Å²) in [5, 5.41) is 6.26. The fourth-order valence-corrected chi connectivity index (χ4v) is 2.40. The van der Waals surface area contributed by atoms with E-state index in [4.69, 9.17) is 6.42 Å². The van der Waals surface area contributed by atoms with Crippen molar-refractivity contribution in [3.05, 3.63) is 0 Å². The molecule has 0 aliphatic carbocycles. The van der Waals surface area contributed by atoms with Crippen molar-refractivity contribution in [2.75, 3.05) is 6.54 Å². The Kier molecular flexibility index (Phi) is 5.02. The molecule has 0 bridgehead atoms. The maximum absolute atomic E-state index is 12.2. The van der Waals surface area contributed by atoms with Crippen LogP contribution in [-0.2, 0) is 4.79 Å². The predicted octanol–water partition coefficient (Wildman–Crippen LogP) is 1.68. The molecule has 0 aromatic carbocycles. The summed E-state index contributed by atoms with van der Waals surface area (Å²) < 4.78 is 0. The number of hydrogen-bond acceptors (Lipinski definition) is 2. The van der Waals surface area contributed by atoms with Crippen molar-refractivity contribution < 1.29 is 4.79 Å². The van der Waals surface area contributed by atoms with Crippen LogP contribution in [0.2, 0.25) is 0 Å². The minimum atomic E-state index is -0.132. The van der Waals surface area contributed by atoms with Gasteiger partial charge < -0.3 is 10.6 Å². The number of nitrogens with one attached hydrogen (secondary N) is 2. The monoisotopic (exact) mass is 236 g/mol. The van der Waals surface area contributed by atoms with E-state index in [1.165, 1.54) is 0 Å². The van der Waals surface area contributed by atoms with Gasteiger partial charge in [0, 0.05) is 0 Å². The molecule has 0 saturated carbocycles. The minimum Gasteiger partial charge on any atom is -0.341 e. The standard InChI is InChI=1S/C14H24N2O/c1-5-8-11(6-2)16-13(17)12-14(3,4)9-7-10-15-12/h2,11-12,15H,5,7-10H2,1,3-4H3,(H,16,17). The lowest BCUT2D eigenvalue weighted by atomic mass is 9.77. The van der Waals surface area contributed by atoms with Crippen LogP contribution in [0.25, 0.3) is 0 Å². The van der Waals surface area contributed by atoms with Crippen LogP contribution in [-0.4, -0.2) is 24.5 Å². The molecule has 3 nitrogen and oxygen atoms in total. The second kappa shape index (κ2) is 6.07. The first kappa shape index (κ1) is 14.1. The van der Waals surface area contributed by atoms with Crippen LogP contribution >= 0.6 is 0 Å². The highest BCUT2D eigenvalue weighted by Crippen LogP contribution is 2.30. The average molecular weight is 236 g/mol. The number of carbonyl (C=O) groups is 1. The van der Waals surface area contributed by atoms with Gasteiger partial charge in [0.25, 0.3) is 0 Å². The van der Waals surface area contributed by atoms with E-state index in [1.54, 1.807) is 0 Å². The maximum Gasteiger partial charge on any atom is 0.238 e. The molecule has 3 heteroatoms. The molecule has 0 radical (unpaired) electrons. The van der Waals surface area contributed by atoms with Crippen molar-refractivity contribution in [1.29, 1.82) is 0 Å². The molecule has 17 heavy (non-hydrogen) atoms. The largest absolute Gasteiger partial charge is 0.341 e. The van der Waals surface area contributed by atoms with Crippen molar-refractivity contribution >= 4 is 5.91 Å². The summed E-state index contributed by atoms with van der Waals surface area (Å²) in [5.41, 5.74) is 0.00764. The van der Waals surface area contributed by atoms with Crippen molar-refractivity contribution in [2.45, 2.75) is 58.5 Å². The Balaban J connectivity index is 2.59. The van der Waals surface area contributed by atoms with Crippen LogP contribution < -0.4 is 10.6 Å². The zero-order chi connectivity index (χ0) is 12.9. The molecule has 1 fully saturated rings. The van der Waals surface area contributed by atoms with Gasteiger partial charge in [-0.2, -0.15) is 0 Å². The second-order valence-corrected chi connectivity index (χ2v) is 5.50. The molecule has 2 unspecified atom stereocenters. The third-order valence-electron chi connectivity index (χ3n) is 3.49. The fraction of sp³-hybridized carbons (Fsp3) is 0.786. The van der Waals surface area contributed by atoms with Crippen LogP contribution in [0.15, 0.2) is 0 Å². The van der Waals surface area contributed by atoms with Gasteiger partial charge in [0.2, 0.25) is 5.91 Å². The van der Waals surface area contributed by atoms with E-state index in [1.807, 2.05) is 0 Å². The van der Waals surface area contributed by atoms with E-state index in [0.29, 0.717) is 0 Å². The quantitative estimate of drug-likeness (QED) is 0.729. The van der Waals surface area contributed by atoms with Gasteiger partial charge in [0.05, 0.1) is 12.1 Å². The maximum atomic E-state index is 12.2. The lowest BCUT2D eigenvalue weighted by Crippen LogP contribution is -2.57. The van der Waals surface area contributed by atoms with Crippen molar-refractivity contribution in [1.82, 2.24) is 10.6 Å². The summed E-state index contributed by atoms with van der Waals surface area (Å²) in [6, 6.07) is -0.254. The van der Waals surface area contributed by atoms with E-state index < -0.39 is 0 Å². The average Bonchev–Trinajstić information content (AvgIpc) is 2.27. The first-order valence-corrected chi connectivity index (χ1v) is 6.51. The van der Waals surface area contributed by atoms with Crippen LogP contribution in [0.4, 0.5) is 0 Å². The van der Waals surface area contributed by atoms with Crippen LogP contribution in [0.3, 0.4) is 0 Å². The van der Waals surface area contributed by atoms with Crippen LogP contribution in [0.1, 0.15) is 46.5 Å². The molecule has 1 rings (SSSR count). The smallest absolute Gasteiger partial charge is 0.238 e. The Bertz CT molecular complexity index is 304. The highest BCUT2D eigenvalue weighted by Gasteiger charge is 2.37. The summed E-state index contributed by atoms with van der Waals surface area (Å²) in [6.07, 6.45) is 9.45. The molecule has 0 aromatic rings. The summed E-state index contributed by atoms with van der Waals surface area (Å²) in [5.74, 6) is 2.69. The Morgan fingerprint density at radius 1 is 1.65 bits per heavy atom. The van der Waals surface area contributed by atoms with E-state index in [2.05, 4.69) is 37.3 Å². The topological polar surface area (TPSA) is 41.1 Å². The number of terminal acetylenes is 1. The van der Waals surface area contributed by atoms with Crippen LogP contribution in [0, 0.1) is 17.8 Å². The van der Waals surface area contributed by atoms with E-state index in [9.17, 15) is 4.79 Å². The first-order valence-electron chi connectivity index (χ1n) is 6.51. The number of amides is 1. The number of piperidine rings is 1. The highest BCUT2D eigenvalue weighted by molar-refractivity contribution is 5.83. The Morgan fingerprint density at radius 2 is 2.35 bits per heavy atom. The fourth-order valence-electron chi connectivity index (χ4n) is 2.40. The molecule has 0 aromatic heterocycles. The van der Waals surface area contributed by atoms with E-state index in [0.717, 1.165) is 32.2 Å². The van der Waals surface area contributed by atoms with E-state index >= 15 is 0 Å². The van der Waals surface area contributed by atoms with Crippen LogP contribution in [0.5, 0.6) is 0 Å². The lowest BCUT2D eigenvalue weighted by molar-refractivity contribution is -0.127. The van der Waals surface area contributed by atoms with Crippen molar-refractivity contribution in [3.63, 3.8) is 0 Å². The van der Waals surface area contributed by atoms with E-state index in [-0.39, 0.29) is 23.4 Å². The van der Waals surface area contributed by atoms with Gasteiger partial charge in [-0.15, -0.1) is 6.42 Å². The van der Waals surface area contributed by atoms with Gasteiger partial charge in [-0.05, 0) is 31.2 Å². The van der Waals surface area contributed by atoms with Gasteiger partial charge in [-0.3, -0.25) is 4.79 Å². The summed E-state index contributed by atoms with van der Waals surface area (Å²) in [4.78, 5) is 12.2. The van der Waals surface area contributed by atoms with Gasteiger partial charge in [0.1, 0.15) is 0 Å². The molecular formula is C14H24N2O. The van der Waals surface area contributed by atoms with Gasteiger partial charge >= 0.3 is 0 Å². The third kappa shape index (κ3) is 3.74. The molecule has 2 atom stereocenters. The molecule has 1 aliphatic rings. The molecule has 96 valence electrons. The Morgan fingerprint density at radius 3 is 2.88 bits per heavy atom. The summed E-state index contributed by atoms with van der Waals surface area (Å²) >= 11 is 0. The van der Waals surface area contributed by atoms with Crippen molar-refractivity contribution in [3.8, 4) is 12.3 Å². The molecule has 1 aliphatic heterocycles. The third-order valence-corrected chi connectivity index (χ3v) is 3.49. The minimum absolute atomic E-state index is 0.00764. The number of rotatable bonds is 4. The van der Waals surface area contributed by atoms with Gasteiger partial charge in [-0.1, -0.05) is 33.1 Å². The molecule has 2 N–H and O–H groups in total. The predicted molar refractivity (Wildman–Crippen MR) is 70.5 cm³/mol. The second-order valence-electron chi connectivity index (χ2n) is 5.50. The molecule has 1 saturated heterocycles. The van der Waals surface area contributed by atoms with Gasteiger partial charge in [-0.25, -0.2) is 0 Å². The lowest BCUT2D eigenvalue weighted by Gasteiger charge is -2.38. The molecular weight excluding hydrogens is 212 g/mol. The van der Waals surface area contributed by atoms with Gasteiger partial charge in [0.15, 0.2) is 0 Å². The normalized spacial score (nSPS) is 24.7. The molecule has 0 spiro atoms. The zero-order valence-electron chi connectivity index (χ0n) is 11.2. The highest BCUT2D eigenvalue weighted by atomic mass is 16.2. The summed E-state index contributed by atoms with van der Waals surface area (Å²) in [6.45, 7) is 7.25. The number of hydrogen-bond donors (Lipinski definition) is 2. The molecule has 1 heterocycles. The summed E-state index contributed by atoms with van der Waals surface area (Å²) in [7, 11) is 0. The Hall–Kier alpha value is -1.01. The van der Waals surface area contributed by atoms with Crippen molar-refractivity contribution in [2.24, 2.45) is 5.41 Å².